The van der Waals surface area contributed by atoms with E-state index in [9.17, 15) is 19.5 Å². The quantitative estimate of drug-likeness (QED) is 0.165. The number of nitrogens with zero attached hydrogens (tertiary/aromatic N) is 6. The molecular weight excluding hydrogens is 665 g/mol. The van der Waals surface area contributed by atoms with Gasteiger partial charge in [-0.05, 0) is 71.2 Å². The summed E-state index contributed by atoms with van der Waals surface area (Å²) in [5.41, 5.74) is 4.35. The summed E-state index contributed by atoms with van der Waals surface area (Å²) in [4.78, 5) is 47.9. The molecule has 0 radical (unpaired) electrons. The van der Waals surface area contributed by atoms with Crippen molar-refractivity contribution in [3.8, 4) is 16.8 Å². The molecule has 4 aromatic heterocycles. The van der Waals surface area contributed by atoms with Crippen molar-refractivity contribution >= 4 is 40.0 Å². The molecule has 13 heteroatoms. The second kappa shape index (κ2) is 13.5. The second-order valence-electron chi connectivity index (χ2n) is 14.1. The Morgan fingerprint density at radius 1 is 1.06 bits per heavy atom. The number of imidazole rings is 1. The summed E-state index contributed by atoms with van der Waals surface area (Å²) >= 11 is 0. The highest BCUT2D eigenvalue weighted by atomic mass is 19.1. The summed E-state index contributed by atoms with van der Waals surface area (Å²) in [5.74, 6) is -0.321. The molecule has 0 unspecified atom stereocenters. The van der Waals surface area contributed by atoms with Crippen LogP contribution in [0.5, 0.6) is 0 Å². The van der Waals surface area contributed by atoms with Crippen molar-refractivity contribution in [1.82, 2.24) is 29.0 Å². The highest BCUT2D eigenvalue weighted by molar-refractivity contribution is 5.84. The zero-order valence-corrected chi connectivity index (χ0v) is 29.3. The molecule has 1 aliphatic heterocycles. The van der Waals surface area contributed by atoms with Gasteiger partial charge in [0.25, 0.3) is 5.56 Å². The maximum Gasteiger partial charge on any atom is 0.407 e. The number of nitrogens with one attached hydrogen (secondary N) is 1. The van der Waals surface area contributed by atoms with E-state index in [0.717, 1.165) is 28.7 Å². The fourth-order valence-electron chi connectivity index (χ4n) is 6.74. The zero-order chi connectivity index (χ0) is 36.7. The van der Waals surface area contributed by atoms with Crippen LogP contribution in [0.25, 0.3) is 33.2 Å². The minimum atomic E-state index is -0.891. The first-order valence-electron chi connectivity index (χ1n) is 17.0. The number of hydrogen-bond donors (Lipinski definition) is 2. The summed E-state index contributed by atoms with van der Waals surface area (Å²) in [7, 11) is 0. The number of pyridine rings is 2. The minimum Gasteiger partial charge on any atom is -0.465 e. The first-order chi connectivity index (χ1) is 24.9. The largest absolute Gasteiger partial charge is 0.465 e. The van der Waals surface area contributed by atoms with Crippen LogP contribution in [0.4, 0.5) is 20.7 Å². The average Bonchev–Trinajstić information content (AvgIpc) is 3.60. The zero-order valence-electron chi connectivity index (χ0n) is 29.3. The summed E-state index contributed by atoms with van der Waals surface area (Å²) in [6, 6.07) is 14.3. The molecule has 7 rings (SSSR count). The minimum absolute atomic E-state index is 0.0811. The van der Waals surface area contributed by atoms with E-state index >= 15 is 4.39 Å². The monoisotopic (exact) mass is 703 g/mol. The molecule has 0 aliphatic carbocycles. The summed E-state index contributed by atoms with van der Waals surface area (Å²) in [5, 5.41) is 17.5. The van der Waals surface area contributed by atoms with Gasteiger partial charge < -0.3 is 24.5 Å². The van der Waals surface area contributed by atoms with Crippen LogP contribution in [-0.4, -0.2) is 59.3 Å². The fraction of sp³-hybridized carbons (Fsp3) is 0.282. The third-order valence-electron chi connectivity index (χ3n) is 9.59. The molecule has 0 saturated carbocycles. The number of carboxylic acid groups (broad SMARTS) is 1. The Labute approximate surface area is 298 Å². The van der Waals surface area contributed by atoms with Crippen LogP contribution in [0.15, 0.2) is 84.3 Å². The SMILES string of the molecule is CC(=O)OCc1c(-c2cc(Nc3ccc(C4CCN(C(=O)O)CC4)cn3)c3nccn3c2)cccc1-n1ncc2cc(C(C)(C)C)cc(F)c2c1=O. The molecular formula is C39H38FN7O5. The third kappa shape index (κ3) is 6.69. The van der Waals surface area contributed by atoms with Crippen molar-refractivity contribution in [2.45, 2.75) is 58.5 Å². The molecule has 5 heterocycles. The first-order valence-corrected chi connectivity index (χ1v) is 17.0. The van der Waals surface area contributed by atoms with Gasteiger partial charge in [0.1, 0.15) is 18.2 Å². The number of anilines is 2. The molecule has 1 fully saturated rings. The van der Waals surface area contributed by atoms with Crippen LogP contribution in [0.2, 0.25) is 0 Å². The van der Waals surface area contributed by atoms with Crippen molar-refractivity contribution in [2.75, 3.05) is 18.4 Å². The van der Waals surface area contributed by atoms with Crippen LogP contribution < -0.4 is 10.9 Å². The van der Waals surface area contributed by atoms with Crippen LogP contribution in [0.3, 0.4) is 0 Å². The van der Waals surface area contributed by atoms with Gasteiger partial charge in [-0.2, -0.15) is 9.78 Å². The fourth-order valence-corrected chi connectivity index (χ4v) is 6.74. The molecule has 52 heavy (non-hydrogen) atoms. The van der Waals surface area contributed by atoms with Crippen molar-refractivity contribution < 1.29 is 23.8 Å². The predicted octanol–water partition coefficient (Wildman–Crippen LogP) is 7.20. The van der Waals surface area contributed by atoms with E-state index in [2.05, 4.69) is 20.4 Å². The van der Waals surface area contributed by atoms with Crippen LogP contribution in [0.1, 0.15) is 63.1 Å². The Kier molecular flexibility index (Phi) is 8.95. The molecule has 12 nitrogen and oxygen atoms in total. The van der Waals surface area contributed by atoms with Gasteiger partial charge in [-0.15, -0.1) is 0 Å². The van der Waals surface area contributed by atoms with E-state index in [1.54, 1.807) is 24.4 Å². The van der Waals surface area contributed by atoms with Crippen molar-refractivity contribution in [3.63, 3.8) is 0 Å². The summed E-state index contributed by atoms with van der Waals surface area (Å²) < 4.78 is 24.1. The van der Waals surface area contributed by atoms with E-state index in [1.807, 2.05) is 68.0 Å². The van der Waals surface area contributed by atoms with E-state index in [0.29, 0.717) is 58.0 Å². The highest BCUT2D eigenvalue weighted by Gasteiger charge is 2.24. The predicted molar refractivity (Wildman–Crippen MR) is 195 cm³/mol. The number of likely N-dealkylation sites (tertiary alicyclic amines) is 1. The van der Waals surface area contributed by atoms with Gasteiger partial charge in [0.2, 0.25) is 0 Å². The Hall–Kier alpha value is -6.11. The first kappa shape index (κ1) is 34.3. The number of halogens is 1. The van der Waals surface area contributed by atoms with Gasteiger partial charge in [0.05, 0.1) is 23.0 Å². The topological polar surface area (TPSA) is 144 Å². The lowest BCUT2D eigenvalue weighted by Crippen LogP contribution is -2.36. The number of hydrogen-bond acceptors (Lipinski definition) is 8. The van der Waals surface area contributed by atoms with Gasteiger partial charge in [-0.1, -0.05) is 39.0 Å². The van der Waals surface area contributed by atoms with E-state index in [4.69, 9.17) is 4.74 Å². The van der Waals surface area contributed by atoms with Crippen molar-refractivity contribution in [3.05, 3.63) is 112 Å². The van der Waals surface area contributed by atoms with Crippen LogP contribution in [0, 0.1) is 5.82 Å². The van der Waals surface area contributed by atoms with Crippen LogP contribution in [-0.2, 0) is 21.6 Å². The number of amides is 1. The summed E-state index contributed by atoms with van der Waals surface area (Å²) in [6.45, 7) is 8.04. The van der Waals surface area contributed by atoms with E-state index in [1.165, 1.54) is 24.1 Å². The smallest absolute Gasteiger partial charge is 0.407 e. The maximum absolute atomic E-state index is 15.6. The molecule has 0 bridgehead atoms. The summed E-state index contributed by atoms with van der Waals surface area (Å²) in [6.07, 6.45) is 9.25. The molecule has 6 aromatic rings. The van der Waals surface area contributed by atoms with Gasteiger partial charge in [0.15, 0.2) is 5.65 Å². The molecule has 0 atom stereocenters. The number of esters is 1. The maximum atomic E-state index is 15.6. The average molecular weight is 704 g/mol. The van der Waals surface area contributed by atoms with Crippen molar-refractivity contribution in [2.24, 2.45) is 0 Å². The second-order valence-corrected chi connectivity index (χ2v) is 14.1. The number of ether oxygens (including phenoxy) is 1. The van der Waals surface area contributed by atoms with E-state index < -0.39 is 23.4 Å². The third-order valence-corrected chi connectivity index (χ3v) is 9.59. The van der Waals surface area contributed by atoms with Gasteiger partial charge >= 0.3 is 12.1 Å². The number of carbonyl (C=O) groups excluding carboxylic acids is 1. The molecule has 266 valence electrons. The standard InChI is InChI=1S/C39H38FN7O5/c1-23(48)52-22-30-29(6-5-7-33(30)47-37(49)35-26(20-43-47)16-28(18-31(35)40)39(2,3)4)27-17-32(36-41-12-15-46(36)21-27)44-34-9-8-25(19-42-34)24-10-13-45(14-11-24)38(50)51/h5-9,12,15-21,24H,10-11,13-14,22H2,1-4H3,(H,42,44)(H,50,51). The lowest BCUT2D eigenvalue weighted by molar-refractivity contribution is -0.142. The Balaban J connectivity index is 1.27. The normalized spacial score (nSPS) is 13.8. The Morgan fingerprint density at radius 2 is 1.85 bits per heavy atom. The van der Waals surface area contributed by atoms with Crippen molar-refractivity contribution in [1.29, 1.82) is 0 Å². The number of fused-ring (bicyclic) bond motifs is 2. The number of rotatable bonds is 7. The van der Waals surface area contributed by atoms with Crippen LogP contribution >= 0.6 is 0 Å². The molecule has 1 aliphatic rings. The lowest BCUT2D eigenvalue weighted by atomic mass is 9.86. The molecule has 2 N–H and O–H groups in total. The Bertz CT molecular complexity index is 2390. The molecule has 1 saturated heterocycles. The number of carbonyl (C=O) groups is 2. The number of aromatic nitrogens is 5. The molecule has 2 aromatic carbocycles. The van der Waals surface area contributed by atoms with Gasteiger partial charge in [0, 0.05) is 61.3 Å². The molecule has 1 amide bonds. The number of benzene rings is 2. The molecule has 0 spiro atoms. The van der Waals surface area contributed by atoms with Gasteiger partial charge in [-0.3, -0.25) is 9.59 Å². The highest BCUT2D eigenvalue weighted by Crippen LogP contribution is 2.34. The Morgan fingerprint density at radius 3 is 2.54 bits per heavy atom. The number of piperidine rings is 1. The van der Waals surface area contributed by atoms with E-state index in [-0.39, 0.29) is 23.3 Å². The lowest BCUT2D eigenvalue weighted by Gasteiger charge is -2.30. The van der Waals surface area contributed by atoms with Gasteiger partial charge in [-0.25, -0.2) is 19.2 Å².